The van der Waals surface area contributed by atoms with Crippen LogP contribution in [0.5, 0.6) is 0 Å². The van der Waals surface area contributed by atoms with Crippen molar-refractivity contribution in [3.8, 4) is 11.1 Å². The van der Waals surface area contributed by atoms with Crippen LogP contribution in [0.4, 0.5) is 30.5 Å². The molecule has 0 saturated heterocycles. The Labute approximate surface area is 204 Å². The number of aromatic nitrogens is 4. The van der Waals surface area contributed by atoms with Crippen LogP contribution >= 0.6 is 11.6 Å². The molecule has 0 aliphatic carbocycles. The van der Waals surface area contributed by atoms with Gasteiger partial charge in [-0.05, 0) is 30.2 Å². The fourth-order valence-electron chi connectivity index (χ4n) is 3.30. The molecule has 0 atom stereocenters. The molecular weight excluding hydrogens is 481 g/mol. The number of anilines is 3. The first-order valence-corrected chi connectivity index (χ1v) is 11.0. The van der Waals surface area contributed by atoms with Crippen LogP contribution in [0, 0.1) is 0 Å². The van der Waals surface area contributed by atoms with Crippen molar-refractivity contribution in [2.75, 3.05) is 10.6 Å². The van der Waals surface area contributed by atoms with Crippen molar-refractivity contribution in [2.24, 2.45) is 0 Å². The zero-order valence-electron chi connectivity index (χ0n) is 18.5. The molecule has 0 aliphatic heterocycles. The molecule has 0 radical (unpaired) electrons. The number of carbonyl (C=O) groups excluding carboxylic acids is 1. The van der Waals surface area contributed by atoms with E-state index < -0.39 is 22.8 Å². The van der Waals surface area contributed by atoms with Gasteiger partial charge in [0.05, 0.1) is 29.6 Å². The standard InChI is InChI=1S/C24H20ClF3N6O/c1-2-34-8-7-18(14-34)33-23-30-11-17(12-31-23)16-5-3-15(4-6-16)9-21(35)32-19-10-20(24(26,27)28)22(25)29-13-19/h3-8,10-14H,2,9H2,1H3,(H,32,35)(H,30,31,33). The molecule has 11 heteroatoms. The van der Waals surface area contributed by atoms with Crippen molar-refractivity contribution < 1.29 is 18.0 Å². The second kappa shape index (κ2) is 10.1. The van der Waals surface area contributed by atoms with Gasteiger partial charge in [-0.1, -0.05) is 35.9 Å². The van der Waals surface area contributed by atoms with Crippen LogP contribution in [-0.4, -0.2) is 25.4 Å². The fourth-order valence-corrected chi connectivity index (χ4v) is 3.51. The summed E-state index contributed by atoms with van der Waals surface area (Å²) in [6.07, 6.45) is 3.70. The Hall–Kier alpha value is -3.92. The Morgan fingerprint density at radius 1 is 1.00 bits per heavy atom. The maximum Gasteiger partial charge on any atom is 0.419 e. The third-order valence-corrected chi connectivity index (χ3v) is 5.40. The van der Waals surface area contributed by atoms with Gasteiger partial charge in [0, 0.05) is 36.9 Å². The number of halogens is 4. The van der Waals surface area contributed by atoms with E-state index in [1.807, 2.05) is 35.2 Å². The monoisotopic (exact) mass is 500 g/mol. The number of hydrogen-bond acceptors (Lipinski definition) is 5. The van der Waals surface area contributed by atoms with Crippen LogP contribution in [-0.2, 0) is 23.9 Å². The molecule has 0 unspecified atom stereocenters. The van der Waals surface area contributed by atoms with Gasteiger partial charge in [-0.3, -0.25) is 4.79 Å². The summed E-state index contributed by atoms with van der Waals surface area (Å²) in [6.45, 7) is 2.92. The van der Waals surface area contributed by atoms with E-state index in [4.69, 9.17) is 11.6 Å². The molecule has 35 heavy (non-hydrogen) atoms. The third kappa shape index (κ3) is 6.15. The van der Waals surface area contributed by atoms with E-state index in [1.54, 1.807) is 24.5 Å². The second-order valence-corrected chi connectivity index (χ2v) is 7.99. The Kier molecular flexibility index (Phi) is 7.02. The van der Waals surface area contributed by atoms with Gasteiger partial charge in [-0.15, -0.1) is 0 Å². The maximum atomic E-state index is 13.0. The first kappa shape index (κ1) is 24.2. The lowest BCUT2D eigenvalue weighted by atomic mass is 10.0. The smallest absolute Gasteiger partial charge is 0.352 e. The summed E-state index contributed by atoms with van der Waals surface area (Å²) >= 11 is 5.51. The van der Waals surface area contributed by atoms with E-state index >= 15 is 0 Å². The first-order valence-electron chi connectivity index (χ1n) is 10.6. The molecule has 7 nitrogen and oxygen atoms in total. The van der Waals surface area contributed by atoms with E-state index in [0.29, 0.717) is 11.5 Å². The summed E-state index contributed by atoms with van der Waals surface area (Å²) in [4.78, 5) is 24.5. The highest BCUT2D eigenvalue weighted by Crippen LogP contribution is 2.35. The topological polar surface area (TPSA) is 84.7 Å². The summed E-state index contributed by atoms with van der Waals surface area (Å²) in [5.74, 6) is -0.00747. The van der Waals surface area contributed by atoms with E-state index in [9.17, 15) is 18.0 Å². The van der Waals surface area contributed by atoms with Crippen LogP contribution in [0.1, 0.15) is 18.1 Å². The van der Waals surface area contributed by atoms with Crippen molar-refractivity contribution in [2.45, 2.75) is 26.1 Å². The molecule has 2 N–H and O–H groups in total. The molecule has 4 aromatic rings. The Morgan fingerprint density at radius 3 is 2.34 bits per heavy atom. The minimum atomic E-state index is -4.67. The lowest BCUT2D eigenvalue weighted by molar-refractivity contribution is -0.137. The van der Waals surface area contributed by atoms with Crippen molar-refractivity contribution in [3.05, 3.63) is 83.7 Å². The summed E-state index contributed by atoms with van der Waals surface area (Å²) in [6, 6.07) is 9.86. The largest absolute Gasteiger partial charge is 0.419 e. The van der Waals surface area contributed by atoms with Gasteiger partial charge in [0.25, 0.3) is 0 Å². The van der Waals surface area contributed by atoms with E-state index in [1.165, 1.54) is 0 Å². The number of benzene rings is 1. The SMILES string of the molecule is CCn1ccc(Nc2ncc(-c3ccc(CC(=O)Nc4cnc(Cl)c(C(F)(F)F)c4)cc3)cn2)c1. The van der Waals surface area contributed by atoms with Crippen LogP contribution in [0.15, 0.2) is 67.4 Å². The molecule has 1 amide bonds. The Morgan fingerprint density at radius 2 is 1.71 bits per heavy atom. The number of alkyl halides is 3. The van der Waals surface area contributed by atoms with E-state index in [0.717, 1.165) is 35.6 Å². The highest BCUT2D eigenvalue weighted by atomic mass is 35.5. The molecule has 0 spiro atoms. The summed E-state index contributed by atoms with van der Waals surface area (Å²) in [5, 5.41) is 4.89. The first-order chi connectivity index (χ1) is 16.7. The van der Waals surface area contributed by atoms with Gasteiger partial charge in [0.2, 0.25) is 11.9 Å². The molecule has 0 aliphatic rings. The molecular formula is C24H20ClF3N6O. The number of aryl methyl sites for hydroxylation is 1. The predicted molar refractivity (Wildman–Crippen MR) is 127 cm³/mol. The number of hydrogen-bond donors (Lipinski definition) is 2. The average molecular weight is 501 g/mol. The predicted octanol–water partition coefficient (Wildman–Crippen LogP) is 5.96. The normalized spacial score (nSPS) is 11.3. The Balaban J connectivity index is 1.37. The number of pyridine rings is 1. The van der Waals surface area contributed by atoms with Gasteiger partial charge in [0.15, 0.2) is 0 Å². The lowest BCUT2D eigenvalue weighted by Crippen LogP contribution is -2.16. The fraction of sp³-hybridized carbons (Fsp3) is 0.167. The average Bonchev–Trinajstić information content (AvgIpc) is 3.28. The number of rotatable bonds is 7. The van der Waals surface area contributed by atoms with Gasteiger partial charge >= 0.3 is 6.18 Å². The molecule has 3 aromatic heterocycles. The van der Waals surface area contributed by atoms with Crippen LogP contribution in [0.2, 0.25) is 5.15 Å². The molecule has 4 rings (SSSR count). The molecule has 0 bridgehead atoms. The van der Waals surface area contributed by atoms with Gasteiger partial charge in [0.1, 0.15) is 5.15 Å². The van der Waals surface area contributed by atoms with Crippen molar-refractivity contribution in [3.63, 3.8) is 0 Å². The minimum Gasteiger partial charge on any atom is -0.352 e. The number of nitrogens with one attached hydrogen (secondary N) is 2. The van der Waals surface area contributed by atoms with Crippen molar-refractivity contribution in [1.82, 2.24) is 19.5 Å². The van der Waals surface area contributed by atoms with Crippen LogP contribution < -0.4 is 10.6 Å². The maximum absolute atomic E-state index is 13.0. The summed E-state index contributed by atoms with van der Waals surface area (Å²) in [5.41, 5.74) is 2.04. The van der Waals surface area contributed by atoms with E-state index in [-0.39, 0.29) is 12.1 Å². The summed E-state index contributed by atoms with van der Waals surface area (Å²) < 4.78 is 41.0. The molecule has 3 heterocycles. The van der Waals surface area contributed by atoms with E-state index in [2.05, 4.69) is 32.5 Å². The number of amides is 1. The lowest BCUT2D eigenvalue weighted by Gasteiger charge is -2.11. The second-order valence-electron chi connectivity index (χ2n) is 7.63. The Bertz CT molecular complexity index is 1320. The van der Waals surface area contributed by atoms with Gasteiger partial charge in [-0.25, -0.2) is 15.0 Å². The highest BCUT2D eigenvalue weighted by molar-refractivity contribution is 6.30. The zero-order valence-corrected chi connectivity index (χ0v) is 19.2. The number of nitrogens with zero attached hydrogens (tertiary/aromatic N) is 4. The van der Waals surface area contributed by atoms with Crippen LogP contribution in [0.3, 0.4) is 0 Å². The van der Waals surface area contributed by atoms with Crippen molar-refractivity contribution in [1.29, 1.82) is 0 Å². The minimum absolute atomic E-state index is 0.0268. The molecule has 180 valence electrons. The zero-order chi connectivity index (χ0) is 25.0. The number of carbonyl (C=O) groups is 1. The van der Waals surface area contributed by atoms with Gasteiger partial charge < -0.3 is 15.2 Å². The quantitative estimate of drug-likeness (QED) is 0.306. The highest BCUT2D eigenvalue weighted by Gasteiger charge is 2.34. The van der Waals surface area contributed by atoms with Crippen LogP contribution in [0.25, 0.3) is 11.1 Å². The molecule has 0 fully saturated rings. The molecule has 0 saturated carbocycles. The molecule has 1 aromatic carbocycles. The summed E-state index contributed by atoms with van der Waals surface area (Å²) in [7, 11) is 0. The van der Waals surface area contributed by atoms with Gasteiger partial charge in [-0.2, -0.15) is 13.2 Å². The third-order valence-electron chi connectivity index (χ3n) is 5.10. The van der Waals surface area contributed by atoms with Crippen molar-refractivity contribution >= 4 is 34.8 Å².